The minimum atomic E-state index is -0.352. The highest BCUT2D eigenvalue weighted by atomic mass is 32.1. The SMILES string of the molecule is Cc1nc(C)c(C2OCCc3nc4cc(F)c(-c5cnc(N6CCOCC6)nc5)cn4c32)s1. The summed E-state index contributed by atoms with van der Waals surface area (Å²) in [5, 5.41) is 0.997. The Morgan fingerprint density at radius 3 is 2.61 bits per heavy atom. The first-order valence-electron chi connectivity index (χ1n) is 11.0. The van der Waals surface area contributed by atoms with Crippen molar-refractivity contribution in [2.45, 2.75) is 26.4 Å². The van der Waals surface area contributed by atoms with Gasteiger partial charge in [0.2, 0.25) is 5.95 Å². The van der Waals surface area contributed by atoms with Gasteiger partial charge in [-0.1, -0.05) is 0 Å². The number of fused-ring (bicyclic) bond motifs is 3. The highest BCUT2D eigenvalue weighted by molar-refractivity contribution is 7.11. The molecule has 10 heteroatoms. The maximum atomic E-state index is 15.1. The fraction of sp³-hybridized carbons (Fsp3) is 0.391. The van der Waals surface area contributed by atoms with Crippen molar-refractivity contribution in [3.8, 4) is 11.1 Å². The van der Waals surface area contributed by atoms with Gasteiger partial charge in [0.25, 0.3) is 0 Å². The molecule has 6 heterocycles. The number of thiazole rings is 1. The second-order valence-electron chi connectivity index (χ2n) is 8.26. The molecule has 1 fully saturated rings. The minimum absolute atomic E-state index is 0.270. The average Bonchev–Trinajstić information content (AvgIpc) is 3.37. The van der Waals surface area contributed by atoms with E-state index in [1.54, 1.807) is 29.9 Å². The number of aryl methyl sites for hydroxylation is 2. The predicted octanol–water partition coefficient (Wildman–Crippen LogP) is 3.50. The third kappa shape index (κ3) is 3.58. The van der Waals surface area contributed by atoms with Gasteiger partial charge in [-0.25, -0.2) is 24.3 Å². The number of morpholine rings is 1. The van der Waals surface area contributed by atoms with Crippen molar-refractivity contribution in [2.24, 2.45) is 0 Å². The summed E-state index contributed by atoms with van der Waals surface area (Å²) in [6.07, 6.45) is 5.56. The smallest absolute Gasteiger partial charge is 0.225 e. The third-order valence-corrected chi connectivity index (χ3v) is 7.23. The van der Waals surface area contributed by atoms with Crippen molar-refractivity contribution in [1.82, 2.24) is 24.3 Å². The highest BCUT2D eigenvalue weighted by Gasteiger charge is 2.31. The lowest BCUT2D eigenvalue weighted by Gasteiger charge is -2.26. The van der Waals surface area contributed by atoms with Crippen molar-refractivity contribution in [3.63, 3.8) is 0 Å². The molecule has 0 spiro atoms. The van der Waals surface area contributed by atoms with E-state index in [1.807, 2.05) is 18.2 Å². The summed E-state index contributed by atoms with van der Waals surface area (Å²) in [5.41, 5.74) is 4.45. The van der Waals surface area contributed by atoms with E-state index in [0.717, 1.165) is 40.1 Å². The molecular formula is C23H23FN6O2S. The lowest BCUT2D eigenvalue weighted by atomic mass is 10.1. The van der Waals surface area contributed by atoms with Gasteiger partial charge in [-0.2, -0.15) is 0 Å². The number of ether oxygens (including phenoxy) is 2. The van der Waals surface area contributed by atoms with Crippen LogP contribution in [0.3, 0.4) is 0 Å². The van der Waals surface area contributed by atoms with Crippen LogP contribution < -0.4 is 4.90 Å². The zero-order valence-corrected chi connectivity index (χ0v) is 19.2. The van der Waals surface area contributed by atoms with Crippen molar-refractivity contribution in [1.29, 1.82) is 0 Å². The van der Waals surface area contributed by atoms with Crippen LogP contribution in [0.1, 0.15) is 33.1 Å². The minimum Gasteiger partial charge on any atom is -0.378 e. The number of hydrogen-bond acceptors (Lipinski definition) is 8. The van der Waals surface area contributed by atoms with Crippen molar-refractivity contribution >= 4 is 22.9 Å². The Morgan fingerprint density at radius 2 is 1.88 bits per heavy atom. The molecule has 4 aromatic heterocycles. The Morgan fingerprint density at radius 1 is 1.09 bits per heavy atom. The Bertz CT molecular complexity index is 1330. The largest absolute Gasteiger partial charge is 0.378 e. The van der Waals surface area contributed by atoms with E-state index in [2.05, 4.69) is 19.9 Å². The number of halogens is 1. The zero-order valence-electron chi connectivity index (χ0n) is 18.4. The van der Waals surface area contributed by atoms with Gasteiger partial charge in [0.05, 0.1) is 46.8 Å². The van der Waals surface area contributed by atoms with Crippen LogP contribution in [0.5, 0.6) is 0 Å². The van der Waals surface area contributed by atoms with Crippen LogP contribution in [0, 0.1) is 19.7 Å². The molecule has 8 nitrogen and oxygen atoms in total. The fourth-order valence-electron chi connectivity index (χ4n) is 4.53. The van der Waals surface area contributed by atoms with Gasteiger partial charge in [-0.3, -0.25) is 4.40 Å². The molecule has 0 radical (unpaired) electrons. The van der Waals surface area contributed by atoms with Crippen LogP contribution in [0.4, 0.5) is 10.3 Å². The summed E-state index contributed by atoms with van der Waals surface area (Å²) in [6.45, 7) is 7.38. The van der Waals surface area contributed by atoms with Gasteiger partial charge >= 0.3 is 0 Å². The molecule has 2 aliphatic rings. The van der Waals surface area contributed by atoms with Gasteiger partial charge in [0.15, 0.2) is 0 Å². The normalized spacial score (nSPS) is 18.6. The molecule has 33 heavy (non-hydrogen) atoms. The summed E-state index contributed by atoms with van der Waals surface area (Å²) >= 11 is 1.63. The number of aromatic nitrogens is 5. The van der Waals surface area contributed by atoms with E-state index < -0.39 is 0 Å². The Labute approximate surface area is 194 Å². The second kappa shape index (κ2) is 8.12. The number of rotatable bonds is 3. The highest BCUT2D eigenvalue weighted by Crippen LogP contribution is 2.38. The van der Waals surface area contributed by atoms with Gasteiger partial charge in [-0.05, 0) is 13.8 Å². The maximum Gasteiger partial charge on any atom is 0.225 e. The molecule has 6 rings (SSSR count). The first-order chi connectivity index (χ1) is 16.1. The molecule has 0 amide bonds. The van der Waals surface area contributed by atoms with Crippen LogP contribution >= 0.6 is 11.3 Å². The molecule has 4 aromatic rings. The number of hydrogen-bond donors (Lipinski definition) is 0. The lowest BCUT2D eigenvalue weighted by Crippen LogP contribution is -2.37. The summed E-state index contributed by atoms with van der Waals surface area (Å²) < 4.78 is 28.7. The van der Waals surface area contributed by atoms with Crippen molar-refractivity contribution < 1.29 is 13.9 Å². The van der Waals surface area contributed by atoms with E-state index in [1.165, 1.54) is 6.07 Å². The standard InChI is InChI=1S/C23H23FN6O2S/c1-13-22(33-14(2)27-13)21-20-18(3-6-32-21)28-19-9-17(24)16(12-30(19)20)15-10-25-23(26-11-15)29-4-7-31-8-5-29/h9-12,21H,3-8H2,1-2H3. The van der Waals surface area contributed by atoms with E-state index >= 15 is 4.39 Å². The van der Waals surface area contributed by atoms with Crippen LogP contribution in [-0.4, -0.2) is 57.2 Å². The molecule has 2 aliphatic heterocycles. The van der Waals surface area contributed by atoms with E-state index in [4.69, 9.17) is 14.5 Å². The Balaban J connectivity index is 1.42. The number of nitrogens with zero attached hydrogens (tertiary/aromatic N) is 6. The quantitative estimate of drug-likeness (QED) is 0.457. The molecule has 0 N–H and O–H groups in total. The van der Waals surface area contributed by atoms with Crippen molar-refractivity contribution in [2.75, 3.05) is 37.8 Å². The van der Waals surface area contributed by atoms with Gasteiger partial charge in [0, 0.05) is 55.3 Å². The first-order valence-corrected chi connectivity index (χ1v) is 11.8. The maximum absolute atomic E-state index is 15.1. The number of pyridine rings is 1. The molecule has 0 bridgehead atoms. The molecule has 1 atom stereocenters. The van der Waals surface area contributed by atoms with Crippen molar-refractivity contribution in [3.05, 3.63) is 57.4 Å². The van der Waals surface area contributed by atoms with Gasteiger partial charge in [-0.15, -0.1) is 11.3 Å². The Hall–Kier alpha value is -2.95. The third-order valence-electron chi connectivity index (χ3n) is 6.12. The van der Waals surface area contributed by atoms with Crippen LogP contribution in [-0.2, 0) is 15.9 Å². The van der Waals surface area contributed by atoms with E-state index in [-0.39, 0.29) is 11.9 Å². The van der Waals surface area contributed by atoms with Crippen LogP contribution in [0.25, 0.3) is 16.8 Å². The molecular weight excluding hydrogens is 443 g/mol. The summed E-state index contributed by atoms with van der Waals surface area (Å²) in [5.74, 6) is 0.280. The van der Waals surface area contributed by atoms with E-state index in [0.29, 0.717) is 49.0 Å². The number of anilines is 1. The second-order valence-corrected chi connectivity index (χ2v) is 9.50. The van der Waals surface area contributed by atoms with Gasteiger partial charge in [0.1, 0.15) is 17.6 Å². The summed E-state index contributed by atoms with van der Waals surface area (Å²) in [4.78, 5) is 21.4. The summed E-state index contributed by atoms with van der Waals surface area (Å²) in [7, 11) is 0. The lowest BCUT2D eigenvalue weighted by molar-refractivity contribution is 0.0672. The number of imidazole rings is 1. The molecule has 0 saturated carbocycles. The van der Waals surface area contributed by atoms with Crippen LogP contribution in [0.15, 0.2) is 24.7 Å². The molecule has 1 saturated heterocycles. The molecule has 0 aromatic carbocycles. The average molecular weight is 467 g/mol. The Kier molecular flexibility index (Phi) is 5.08. The zero-order chi connectivity index (χ0) is 22.5. The first kappa shape index (κ1) is 20.6. The predicted molar refractivity (Wildman–Crippen MR) is 122 cm³/mol. The monoisotopic (exact) mass is 466 g/mol. The fourth-order valence-corrected chi connectivity index (χ4v) is 5.52. The molecule has 170 valence electrons. The van der Waals surface area contributed by atoms with Gasteiger partial charge < -0.3 is 14.4 Å². The summed E-state index contributed by atoms with van der Waals surface area (Å²) in [6, 6.07) is 1.48. The van der Waals surface area contributed by atoms with Crippen LogP contribution in [0.2, 0.25) is 0 Å². The molecule has 1 unspecified atom stereocenters. The molecule has 0 aliphatic carbocycles. The topological polar surface area (TPSA) is 77.7 Å². The van der Waals surface area contributed by atoms with E-state index in [9.17, 15) is 0 Å².